The number of hydrogen-bond acceptors (Lipinski definition) is 5. The minimum absolute atomic E-state index is 0.0928. The number of hydrogen-bond donors (Lipinski definition) is 2. The molecule has 0 unspecified atom stereocenters. The first-order chi connectivity index (χ1) is 16.9. The average molecular weight is 466 g/mol. The third kappa shape index (κ3) is 3.21. The molecule has 0 saturated carbocycles. The molecule has 6 rings (SSSR count). The summed E-state index contributed by atoms with van der Waals surface area (Å²) in [5.41, 5.74) is 11.5. The van der Waals surface area contributed by atoms with Crippen LogP contribution in [-0.4, -0.2) is 57.0 Å². The number of carbonyl (C=O) groups excluding carboxylic acids is 3. The largest absolute Gasteiger partial charge is 0.398 e. The number of nitrogens with one attached hydrogen (secondary N) is 1. The summed E-state index contributed by atoms with van der Waals surface area (Å²) < 4.78 is 0. The monoisotopic (exact) mass is 465 g/mol. The van der Waals surface area contributed by atoms with Gasteiger partial charge in [0.2, 0.25) is 0 Å². The maximum Gasteiger partial charge on any atom is 0.295 e. The number of carbonyl (C=O) groups is 3. The lowest BCUT2D eigenvalue weighted by atomic mass is 9.93. The quantitative estimate of drug-likeness (QED) is 0.348. The fourth-order valence-electron chi connectivity index (χ4n) is 5.10. The van der Waals surface area contributed by atoms with E-state index in [0.717, 1.165) is 11.1 Å². The molecule has 2 aromatic heterocycles. The Morgan fingerprint density at radius 1 is 1.09 bits per heavy atom. The lowest BCUT2D eigenvalue weighted by molar-refractivity contribution is -0.131. The first-order valence-corrected chi connectivity index (χ1v) is 11.5. The van der Waals surface area contributed by atoms with Gasteiger partial charge in [-0.3, -0.25) is 19.4 Å². The summed E-state index contributed by atoms with van der Waals surface area (Å²) in [6.07, 6.45) is 1.64. The Morgan fingerprint density at radius 3 is 2.66 bits per heavy atom. The highest BCUT2D eigenvalue weighted by atomic mass is 16.2. The van der Waals surface area contributed by atoms with E-state index in [0.29, 0.717) is 58.7 Å². The fourth-order valence-corrected chi connectivity index (χ4v) is 5.10. The van der Waals surface area contributed by atoms with Gasteiger partial charge >= 0.3 is 0 Å². The molecule has 2 aromatic carbocycles. The number of nitrogens with two attached hydrogens (primary N) is 1. The van der Waals surface area contributed by atoms with E-state index in [1.807, 2.05) is 43.3 Å². The van der Waals surface area contributed by atoms with Crippen molar-refractivity contribution in [1.82, 2.24) is 19.8 Å². The molecule has 0 radical (unpaired) electrons. The van der Waals surface area contributed by atoms with E-state index >= 15 is 0 Å². The first kappa shape index (κ1) is 21.1. The van der Waals surface area contributed by atoms with E-state index in [1.54, 1.807) is 34.2 Å². The second-order valence-electron chi connectivity index (χ2n) is 9.03. The second kappa shape index (κ2) is 7.80. The van der Waals surface area contributed by atoms with Crippen LogP contribution < -0.4 is 5.73 Å². The molecule has 4 aromatic rings. The fraction of sp³-hybridized carbons (Fsp3) is 0.185. The normalized spacial score (nSPS) is 17.5. The standard InChI is InChI=1S/C27H23N5O3/c1-15-7-8-17(13-19(15)28)22-23-18(9-10-29-22)21-24(30-23)20-14-31(11-12-32(20)27(35)25(21)33)26(34)16-5-3-2-4-6-16/h2-10,13,20,30H,11-12,14,28H2,1H3/t20-/m0/s1. The number of pyridine rings is 1. The van der Waals surface area contributed by atoms with E-state index in [-0.39, 0.29) is 5.91 Å². The van der Waals surface area contributed by atoms with E-state index in [2.05, 4.69) is 9.97 Å². The molecule has 2 aliphatic heterocycles. The van der Waals surface area contributed by atoms with Crippen molar-refractivity contribution in [2.24, 2.45) is 0 Å². The van der Waals surface area contributed by atoms with Gasteiger partial charge in [-0.15, -0.1) is 0 Å². The van der Waals surface area contributed by atoms with Gasteiger partial charge < -0.3 is 20.5 Å². The third-order valence-electron chi connectivity index (χ3n) is 7.01. The summed E-state index contributed by atoms with van der Waals surface area (Å²) in [6.45, 7) is 2.90. The smallest absolute Gasteiger partial charge is 0.295 e. The van der Waals surface area contributed by atoms with Crippen molar-refractivity contribution < 1.29 is 14.4 Å². The summed E-state index contributed by atoms with van der Waals surface area (Å²) in [7, 11) is 0. The zero-order valence-corrected chi connectivity index (χ0v) is 19.1. The number of amides is 2. The molecule has 2 aliphatic rings. The molecule has 2 amide bonds. The van der Waals surface area contributed by atoms with Crippen molar-refractivity contribution in [3.63, 3.8) is 0 Å². The molecule has 0 aliphatic carbocycles. The van der Waals surface area contributed by atoms with Gasteiger partial charge in [-0.25, -0.2) is 0 Å². The Morgan fingerprint density at radius 2 is 1.89 bits per heavy atom. The van der Waals surface area contributed by atoms with Gasteiger partial charge in [0.15, 0.2) is 0 Å². The van der Waals surface area contributed by atoms with Crippen LogP contribution in [0.4, 0.5) is 5.69 Å². The zero-order valence-electron chi connectivity index (χ0n) is 19.1. The van der Waals surface area contributed by atoms with Crippen LogP contribution in [0, 0.1) is 6.92 Å². The number of Topliss-reactive ketones (excluding diaryl/α,β-unsaturated/α-hetero) is 1. The Kier molecular flexibility index (Phi) is 4.70. The number of H-pyrrole nitrogens is 1. The Labute approximate surface area is 201 Å². The highest BCUT2D eigenvalue weighted by molar-refractivity contribution is 6.46. The molecule has 1 atom stereocenters. The predicted molar refractivity (Wildman–Crippen MR) is 132 cm³/mol. The van der Waals surface area contributed by atoms with Crippen LogP contribution in [0.15, 0.2) is 60.8 Å². The molecule has 8 nitrogen and oxygen atoms in total. The molecular weight excluding hydrogens is 442 g/mol. The molecule has 3 N–H and O–H groups in total. The second-order valence-corrected chi connectivity index (χ2v) is 9.03. The van der Waals surface area contributed by atoms with Crippen molar-refractivity contribution in [3.8, 4) is 11.3 Å². The molecule has 0 bridgehead atoms. The van der Waals surface area contributed by atoms with Gasteiger partial charge in [0.05, 0.1) is 28.5 Å². The van der Waals surface area contributed by atoms with Crippen LogP contribution >= 0.6 is 0 Å². The van der Waals surface area contributed by atoms with Crippen molar-refractivity contribution in [3.05, 3.63) is 83.2 Å². The lowest BCUT2D eigenvalue weighted by Crippen LogP contribution is -2.56. The number of ketones is 1. The summed E-state index contributed by atoms with van der Waals surface area (Å²) in [6, 6.07) is 16.1. The van der Waals surface area contributed by atoms with Crippen LogP contribution in [0.2, 0.25) is 0 Å². The van der Waals surface area contributed by atoms with Gasteiger partial charge in [0.25, 0.3) is 17.6 Å². The van der Waals surface area contributed by atoms with Gasteiger partial charge in [0.1, 0.15) is 0 Å². The maximum atomic E-state index is 13.2. The van der Waals surface area contributed by atoms with E-state index in [1.165, 1.54) is 0 Å². The minimum Gasteiger partial charge on any atom is -0.398 e. The minimum atomic E-state index is -0.536. The SMILES string of the molecule is Cc1ccc(-c2nccc3c4c([nH]c23)[C@@H]2CN(C(=O)c3ccccc3)CCN2C(=O)C4=O)cc1N. The van der Waals surface area contributed by atoms with E-state index in [4.69, 9.17) is 5.73 Å². The molecule has 1 fully saturated rings. The molecule has 35 heavy (non-hydrogen) atoms. The van der Waals surface area contributed by atoms with Crippen LogP contribution in [0.5, 0.6) is 0 Å². The number of aromatic nitrogens is 2. The van der Waals surface area contributed by atoms with Crippen LogP contribution in [0.1, 0.15) is 38.0 Å². The van der Waals surface area contributed by atoms with Gasteiger partial charge in [-0.1, -0.05) is 30.3 Å². The van der Waals surface area contributed by atoms with Gasteiger partial charge in [-0.05, 0) is 36.8 Å². The molecule has 174 valence electrons. The van der Waals surface area contributed by atoms with E-state index in [9.17, 15) is 14.4 Å². The highest BCUT2D eigenvalue weighted by Gasteiger charge is 2.44. The molecular formula is C27H23N5O3. The number of nitrogens with zero attached hydrogens (tertiary/aromatic N) is 3. The Hall–Kier alpha value is -4.46. The zero-order chi connectivity index (χ0) is 24.3. The summed E-state index contributed by atoms with van der Waals surface area (Å²) >= 11 is 0. The molecule has 8 heteroatoms. The lowest BCUT2D eigenvalue weighted by Gasteiger charge is -2.43. The summed E-state index contributed by atoms with van der Waals surface area (Å²) in [5, 5.41) is 0.647. The van der Waals surface area contributed by atoms with Crippen molar-refractivity contribution in [1.29, 1.82) is 0 Å². The number of aryl methyl sites for hydroxylation is 1. The topological polar surface area (TPSA) is 112 Å². The summed E-state index contributed by atoms with van der Waals surface area (Å²) in [5.74, 6) is -1.16. The Balaban J connectivity index is 1.46. The predicted octanol–water partition coefficient (Wildman–Crippen LogP) is 3.34. The summed E-state index contributed by atoms with van der Waals surface area (Å²) in [4.78, 5) is 50.7. The number of benzene rings is 2. The maximum absolute atomic E-state index is 13.2. The number of nitrogen functional groups attached to an aromatic ring is 1. The molecule has 4 heterocycles. The first-order valence-electron chi connectivity index (χ1n) is 11.5. The molecule has 1 saturated heterocycles. The number of anilines is 1. The van der Waals surface area contributed by atoms with E-state index < -0.39 is 17.7 Å². The molecule has 0 spiro atoms. The number of aromatic amines is 1. The highest BCUT2D eigenvalue weighted by Crippen LogP contribution is 2.39. The average Bonchev–Trinajstić information content (AvgIpc) is 3.29. The van der Waals surface area contributed by atoms with Gasteiger partial charge in [0, 0.05) is 48.0 Å². The van der Waals surface area contributed by atoms with Crippen LogP contribution in [0.25, 0.3) is 22.2 Å². The Bertz CT molecular complexity index is 1520. The van der Waals surface area contributed by atoms with Gasteiger partial charge in [-0.2, -0.15) is 0 Å². The van der Waals surface area contributed by atoms with Crippen LogP contribution in [0.3, 0.4) is 0 Å². The van der Waals surface area contributed by atoms with Crippen molar-refractivity contribution >= 4 is 34.2 Å². The third-order valence-corrected chi connectivity index (χ3v) is 7.01. The van der Waals surface area contributed by atoms with Crippen LogP contribution in [-0.2, 0) is 4.79 Å². The van der Waals surface area contributed by atoms with Crippen molar-refractivity contribution in [2.45, 2.75) is 13.0 Å². The number of rotatable bonds is 2. The number of piperazine rings is 1. The number of fused-ring (bicyclic) bond motifs is 5. The van der Waals surface area contributed by atoms with Crippen molar-refractivity contribution in [2.75, 3.05) is 25.4 Å².